The molecular weight excluding hydrogens is 498 g/mol. The number of aliphatic imine (C=N–C) groups is 1. The number of ether oxygens (including phenoxy) is 3. The topological polar surface area (TPSA) is 119 Å². The number of amidine groups is 1. The van der Waals surface area contributed by atoms with Gasteiger partial charge in [0.05, 0.1) is 25.7 Å². The zero-order chi connectivity index (χ0) is 26.2. The first-order valence-corrected chi connectivity index (χ1v) is 12.2. The fraction of sp³-hybridized carbons (Fsp3) is 0.240. The number of thioether (sulfide) groups is 1. The first kappa shape index (κ1) is 25.9. The molecule has 12 heteroatoms. The second-order valence-corrected chi connectivity index (χ2v) is 8.58. The van der Waals surface area contributed by atoms with E-state index in [0.29, 0.717) is 41.1 Å². The number of hydrogen-bond donors (Lipinski definition) is 1. The Hall–Kier alpha value is -4.16. The Balaban J connectivity index is 1.55. The van der Waals surface area contributed by atoms with Crippen molar-refractivity contribution < 1.29 is 33.0 Å². The van der Waals surface area contributed by atoms with Crippen molar-refractivity contribution in [2.45, 2.75) is 6.54 Å². The third-order valence-electron chi connectivity index (χ3n) is 5.20. The smallest absolute Gasteiger partial charge is 0.302 e. The van der Waals surface area contributed by atoms with Crippen molar-refractivity contribution in [1.29, 1.82) is 0 Å². The van der Waals surface area contributed by atoms with Gasteiger partial charge in [-0.05, 0) is 29.0 Å². The van der Waals surface area contributed by atoms with Crippen molar-refractivity contribution in [3.8, 4) is 11.5 Å². The van der Waals surface area contributed by atoms with Crippen LogP contribution in [0.25, 0.3) is 6.08 Å². The van der Waals surface area contributed by atoms with Crippen LogP contribution in [-0.4, -0.2) is 55.9 Å². The number of carbonyl (C=O) groups is 2. The maximum Gasteiger partial charge on any atom is 0.302 e. The second kappa shape index (κ2) is 12.2. The third-order valence-corrected chi connectivity index (χ3v) is 6.14. The molecule has 0 atom stereocenters. The van der Waals surface area contributed by atoms with Crippen molar-refractivity contribution in [2.75, 3.05) is 43.9 Å². The number of para-hydroxylation sites is 2. The second-order valence-electron chi connectivity index (χ2n) is 7.64. The zero-order valence-corrected chi connectivity index (χ0v) is 21.4. The molecule has 0 radical (unpaired) electrons. The van der Waals surface area contributed by atoms with Crippen LogP contribution in [0.1, 0.15) is 5.56 Å². The van der Waals surface area contributed by atoms with E-state index in [1.807, 2.05) is 18.2 Å². The number of anilines is 2. The SMILES string of the molecule is COCC[n+]1cc(NC(=O)CSC2=N/C(=C/c3cccc(OC)c3OC)C(=O)N2c2ccccc2)on1. The van der Waals surface area contributed by atoms with Crippen molar-refractivity contribution in [2.24, 2.45) is 4.99 Å². The van der Waals surface area contributed by atoms with E-state index in [0.717, 1.165) is 11.8 Å². The highest BCUT2D eigenvalue weighted by Crippen LogP contribution is 2.35. The highest BCUT2D eigenvalue weighted by Gasteiger charge is 2.32. The lowest BCUT2D eigenvalue weighted by molar-refractivity contribution is -0.763. The molecule has 2 amide bonds. The van der Waals surface area contributed by atoms with E-state index in [2.05, 4.69) is 15.6 Å². The minimum atomic E-state index is -0.338. The van der Waals surface area contributed by atoms with Crippen LogP contribution in [0.5, 0.6) is 11.5 Å². The van der Waals surface area contributed by atoms with Crippen LogP contribution in [0.4, 0.5) is 11.6 Å². The lowest BCUT2D eigenvalue weighted by Crippen LogP contribution is -2.36. The van der Waals surface area contributed by atoms with Crippen LogP contribution in [0.2, 0.25) is 0 Å². The summed E-state index contributed by atoms with van der Waals surface area (Å²) in [4.78, 5) is 32.0. The van der Waals surface area contributed by atoms with Gasteiger partial charge >= 0.3 is 5.88 Å². The summed E-state index contributed by atoms with van der Waals surface area (Å²) >= 11 is 1.13. The first-order valence-electron chi connectivity index (χ1n) is 11.2. The molecule has 11 nitrogen and oxygen atoms in total. The van der Waals surface area contributed by atoms with Crippen molar-refractivity contribution in [1.82, 2.24) is 5.27 Å². The summed E-state index contributed by atoms with van der Waals surface area (Å²) in [5.41, 5.74) is 1.47. The van der Waals surface area contributed by atoms with E-state index in [9.17, 15) is 9.59 Å². The molecule has 2 heterocycles. The first-order chi connectivity index (χ1) is 18.0. The summed E-state index contributed by atoms with van der Waals surface area (Å²) in [6.45, 7) is 0.948. The third kappa shape index (κ3) is 6.16. The van der Waals surface area contributed by atoms with Crippen LogP contribution >= 0.6 is 11.8 Å². The molecule has 0 saturated carbocycles. The van der Waals surface area contributed by atoms with Crippen molar-refractivity contribution >= 4 is 46.4 Å². The Morgan fingerprint density at radius 3 is 2.68 bits per heavy atom. The summed E-state index contributed by atoms with van der Waals surface area (Å²) in [5.74, 6) is 0.556. The van der Waals surface area contributed by atoms with Gasteiger partial charge in [0.1, 0.15) is 12.3 Å². The number of nitrogens with zero attached hydrogens (tertiary/aromatic N) is 4. The van der Waals surface area contributed by atoms with E-state index in [-0.39, 0.29) is 29.1 Å². The summed E-state index contributed by atoms with van der Waals surface area (Å²) in [7, 11) is 4.66. The standard InChI is InChI=1S/C25H25N5O6S/c1-33-13-12-29-15-22(36-28-29)27-21(31)16-37-25-26-19(24(32)30(25)18-9-5-4-6-10-18)14-17-8-7-11-20(34-2)23(17)35-3/h4-11,14-15H,12-13,16H2,1-3H3/p+1/b19-14+. The maximum atomic E-state index is 13.4. The van der Waals surface area contributed by atoms with Gasteiger partial charge in [0.25, 0.3) is 12.1 Å². The summed E-state index contributed by atoms with van der Waals surface area (Å²) in [6, 6.07) is 14.5. The number of benzene rings is 2. The molecule has 1 N–H and O–H groups in total. The van der Waals surface area contributed by atoms with Gasteiger partial charge in [0.2, 0.25) is 17.7 Å². The van der Waals surface area contributed by atoms with Gasteiger partial charge in [-0.1, -0.05) is 42.1 Å². The summed E-state index contributed by atoms with van der Waals surface area (Å²) in [6.07, 6.45) is 3.21. The number of carbonyl (C=O) groups excluding carboxylic acids is 2. The average Bonchev–Trinajstić information content (AvgIpc) is 3.49. The minimum absolute atomic E-state index is 0.00994. The lowest BCUT2D eigenvalue weighted by Gasteiger charge is -2.17. The van der Waals surface area contributed by atoms with Crippen LogP contribution in [0.15, 0.2) is 69.9 Å². The molecule has 1 aliphatic heterocycles. The van der Waals surface area contributed by atoms with Gasteiger partial charge in [-0.25, -0.2) is 4.99 Å². The van der Waals surface area contributed by atoms with Crippen LogP contribution in [0, 0.1) is 0 Å². The fourth-order valence-electron chi connectivity index (χ4n) is 3.50. The Bertz CT molecular complexity index is 1320. The molecule has 1 aromatic heterocycles. The molecular formula is C25H26N5O6S+. The molecule has 0 aliphatic carbocycles. The molecule has 192 valence electrons. The average molecular weight is 525 g/mol. The molecule has 0 fully saturated rings. The van der Waals surface area contributed by atoms with Crippen molar-refractivity contribution in [3.05, 3.63) is 66.0 Å². The number of nitrogens with one attached hydrogen (secondary N) is 1. The van der Waals surface area contributed by atoms with Gasteiger partial charge in [0, 0.05) is 12.7 Å². The Kier molecular flexibility index (Phi) is 8.54. The molecule has 37 heavy (non-hydrogen) atoms. The normalized spacial score (nSPS) is 14.1. The predicted molar refractivity (Wildman–Crippen MR) is 139 cm³/mol. The van der Waals surface area contributed by atoms with E-state index in [1.165, 1.54) is 16.7 Å². The van der Waals surface area contributed by atoms with E-state index in [4.69, 9.17) is 18.7 Å². The van der Waals surface area contributed by atoms with E-state index >= 15 is 0 Å². The molecule has 0 unspecified atom stereocenters. The number of amides is 2. The monoisotopic (exact) mass is 524 g/mol. The highest BCUT2D eigenvalue weighted by atomic mass is 32.2. The van der Waals surface area contributed by atoms with Crippen LogP contribution in [0.3, 0.4) is 0 Å². The van der Waals surface area contributed by atoms with Gasteiger partial charge in [-0.2, -0.15) is 0 Å². The Labute approximate surface area is 217 Å². The van der Waals surface area contributed by atoms with Crippen molar-refractivity contribution in [3.63, 3.8) is 0 Å². The minimum Gasteiger partial charge on any atom is -0.493 e. The summed E-state index contributed by atoms with van der Waals surface area (Å²) in [5, 5.41) is 6.84. The van der Waals surface area contributed by atoms with Gasteiger partial charge in [-0.15, -0.1) is 0 Å². The molecule has 0 spiro atoms. The van der Waals surface area contributed by atoms with Gasteiger partial charge in [-0.3, -0.25) is 24.3 Å². The number of methoxy groups -OCH3 is 3. The van der Waals surface area contributed by atoms with E-state index < -0.39 is 0 Å². The zero-order valence-electron chi connectivity index (χ0n) is 20.5. The summed E-state index contributed by atoms with van der Waals surface area (Å²) < 4.78 is 22.5. The molecule has 4 rings (SSSR count). The van der Waals surface area contributed by atoms with Gasteiger partial charge < -0.3 is 14.2 Å². The largest absolute Gasteiger partial charge is 0.493 e. The molecule has 0 saturated heterocycles. The molecule has 1 aliphatic rings. The quantitative estimate of drug-likeness (QED) is 0.318. The van der Waals surface area contributed by atoms with Crippen LogP contribution < -0.4 is 24.4 Å². The van der Waals surface area contributed by atoms with Gasteiger partial charge in [0.15, 0.2) is 16.7 Å². The number of hydrogen-bond acceptors (Lipinski definition) is 9. The molecule has 2 aromatic carbocycles. The number of rotatable bonds is 10. The predicted octanol–water partition coefficient (Wildman–Crippen LogP) is 2.74. The Morgan fingerprint density at radius 2 is 1.95 bits per heavy atom. The van der Waals surface area contributed by atoms with Crippen LogP contribution in [-0.2, 0) is 20.9 Å². The number of aromatic nitrogens is 2. The Morgan fingerprint density at radius 1 is 1.14 bits per heavy atom. The van der Waals surface area contributed by atoms with E-state index in [1.54, 1.807) is 56.8 Å². The molecule has 0 bridgehead atoms. The highest BCUT2D eigenvalue weighted by molar-refractivity contribution is 8.14. The molecule has 3 aromatic rings. The lowest BCUT2D eigenvalue weighted by atomic mass is 10.1. The fourth-order valence-corrected chi connectivity index (χ4v) is 4.31. The maximum absolute atomic E-state index is 13.4.